The summed E-state index contributed by atoms with van der Waals surface area (Å²) >= 11 is 1.41. The summed E-state index contributed by atoms with van der Waals surface area (Å²) in [6.45, 7) is 11.7. The average molecular weight is 801 g/mol. The highest BCUT2D eigenvalue weighted by Crippen LogP contribution is 2.46. The van der Waals surface area contributed by atoms with Crippen molar-refractivity contribution in [3.63, 3.8) is 0 Å². The van der Waals surface area contributed by atoms with Gasteiger partial charge in [-0.2, -0.15) is 0 Å². The van der Waals surface area contributed by atoms with Crippen LogP contribution in [-0.4, -0.2) is 83.6 Å². The second-order valence-corrected chi connectivity index (χ2v) is 18.7. The van der Waals surface area contributed by atoms with E-state index >= 15 is 0 Å². The van der Waals surface area contributed by atoms with Crippen molar-refractivity contribution >= 4 is 55.1 Å². The Balaban J connectivity index is 1.22. The van der Waals surface area contributed by atoms with Gasteiger partial charge < -0.3 is 25.0 Å². The van der Waals surface area contributed by atoms with Crippen LogP contribution in [0.25, 0.3) is 22.2 Å². The van der Waals surface area contributed by atoms with Gasteiger partial charge in [0.2, 0.25) is 21.8 Å². The lowest BCUT2D eigenvalue weighted by Gasteiger charge is -2.35. The molecule has 3 N–H and O–H groups in total. The number of thiazole rings is 1. The summed E-state index contributed by atoms with van der Waals surface area (Å²) in [5, 5.41) is 8.87. The number of pyridine rings is 1. The molecule has 0 radical (unpaired) electrons. The third-order valence-electron chi connectivity index (χ3n) is 10.7. The summed E-state index contributed by atoms with van der Waals surface area (Å²) in [4.78, 5) is 54.0. The molecule has 3 heterocycles. The number of anilines is 1. The van der Waals surface area contributed by atoms with Gasteiger partial charge in [0.1, 0.15) is 35.2 Å². The van der Waals surface area contributed by atoms with Crippen molar-refractivity contribution in [2.45, 2.75) is 88.8 Å². The minimum atomic E-state index is -3.88. The number of carbonyl (C=O) groups excluding carboxylic acids is 3. The fraction of sp³-hybridized carbons (Fsp3) is 0.439. The predicted octanol–water partition coefficient (Wildman–Crippen LogP) is 5.47. The Morgan fingerprint density at radius 3 is 2.48 bits per heavy atom. The van der Waals surface area contributed by atoms with Gasteiger partial charge in [-0.25, -0.2) is 18.4 Å². The fourth-order valence-electron chi connectivity index (χ4n) is 7.20. The predicted molar refractivity (Wildman–Crippen MR) is 216 cm³/mol. The van der Waals surface area contributed by atoms with E-state index < -0.39 is 62.1 Å². The molecule has 0 unspecified atom stereocenters. The van der Waals surface area contributed by atoms with Crippen molar-refractivity contribution in [3.05, 3.63) is 78.3 Å². The Morgan fingerprint density at radius 2 is 1.86 bits per heavy atom. The first-order valence-electron chi connectivity index (χ1n) is 18.9. The zero-order valence-corrected chi connectivity index (χ0v) is 33.8. The van der Waals surface area contributed by atoms with Crippen molar-refractivity contribution in [1.82, 2.24) is 24.9 Å². The van der Waals surface area contributed by atoms with E-state index in [0.717, 1.165) is 23.1 Å². The number of aryl methyl sites for hydroxylation is 1. The summed E-state index contributed by atoms with van der Waals surface area (Å²) in [7, 11) is -2.30. The number of aromatic nitrogens is 2. The first-order valence-corrected chi connectivity index (χ1v) is 21.3. The molecule has 296 valence electrons. The normalized spacial score (nSPS) is 22.6. The van der Waals surface area contributed by atoms with Gasteiger partial charge in [-0.15, -0.1) is 17.9 Å². The van der Waals surface area contributed by atoms with Crippen molar-refractivity contribution in [3.8, 4) is 22.8 Å². The zero-order chi connectivity index (χ0) is 40.0. The maximum atomic E-state index is 14.8. The number of carbonyl (C=O) groups is 3. The summed E-state index contributed by atoms with van der Waals surface area (Å²) < 4.78 is 40.0. The van der Waals surface area contributed by atoms with Gasteiger partial charge in [0.25, 0.3) is 5.91 Å². The molecule has 2 aromatic heterocycles. The number of likely N-dealkylation sites (tertiary alicyclic amines) is 1. The largest absolute Gasteiger partial charge is 0.497 e. The average Bonchev–Trinajstić information content (AvgIpc) is 4.07. The van der Waals surface area contributed by atoms with Gasteiger partial charge in [-0.05, 0) is 43.2 Å². The van der Waals surface area contributed by atoms with Gasteiger partial charge in [0, 0.05) is 40.8 Å². The molecule has 3 aliphatic rings. The number of benzene rings is 2. The minimum Gasteiger partial charge on any atom is -0.497 e. The summed E-state index contributed by atoms with van der Waals surface area (Å²) in [6, 6.07) is 15.2. The summed E-state index contributed by atoms with van der Waals surface area (Å²) in [5.74, 6) is -1.07. The first kappa shape index (κ1) is 39.2. The molecule has 2 aromatic carbocycles. The molecule has 0 spiro atoms. The van der Waals surface area contributed by atoms with Gasteiger partial charge in [-0.3, -0.25) is 19.1 Å². The van der Waals surface area contributed by atoms with E-state index in [4.69, 9.17) is 14.5 Å². The van der Waals surface area contributed by atoms with Gasteiger partial charge in [0.15, 0.2) is 5.13 Å². The fourth-order valence-corrected chi connectivity index (χ4v) is 9.39. The van der Waals surface area contributed by atoms with Crippen molar-refractivity contribution in [2.75, 3.05) is 19.0 Å². The monoisotopic (exact) mass is 800 g/mol. The van der Waals surface area contributed by atoms with Crippen LogP contribution in [0.3, 0.4) is 0 Å². The molecule has 7 rings (SSSR count). The molecule has 4 aromatic rings. The highest BCUT2D eigenvalue weighted by molar-refractivity contribution is 7.91. The molecule has 13 nitrogen and oxygen atoms in total. The Kier molecular flexibility index (Phi) is 10.6. The number of amides is 3. The van der Waals surface area contributed by atoms with E-state index in [9.17, 15) is 22.8 Å². The molecule has 2 saturated carbocycles. The second-order valence-electron chi connectivity index (χ2n) is 15.9. The molecule has 0 bridgehead atoms. The number of nitrogens with one attached hydrogen (secondary N) is 3. The van der Waals surface area contributed by atoms with Crippen LogP contribution in [0.4, 0.5) is 5.13 Å². The number of rotatable bonds is 14. The maximum Gasteiger partial charge on any atom is 0.259 e. The van der Waals surface area contributed by atoms with Crippen LogP contribution < -0.4 is 24.8 Å². The number of hydrogen-bond donors (Lipinski definition) is 3. The molecule has 1 aliphatic heterocycles. The first-order chi connectivity index (χ1) is 26.6. The van der Waals surface area contributed by atoms with Crippen LogP contribution in [0.2, 0.25) is 0 Å². The van der Waals surface area contributed by atoms with Crippen LogP contribution in [0, 0.1) is 11.3 Å². The topological polar surface area (TPSA) is 169 Å². The van der Waals surface area contributed by atoms with E-state index in [-0.39, 0.29) is 25.3 Å². The van der Waals surface area contributed by atoms with Crippen LogP contribution in [-0.2, 0) is 30.8 Å². The lowest BCUT2D eigenvalue weighted by atomic mass is 9.85. The zero-order valence-electron chi connectivity index (χ0n) is 32.2. The van der Waals surface area contributed by atoms with E-state index in [1.165, 1.54) is 16.2 Å². The third kappa shape index (κ3) is 7.97. The Hall–Kier alpha value is -5.02. The third-order valence-corrected chi connectivity index (χ3v) is 13.4. The quantitative estimate of drug-likeness (QED) is 0.139. The second kappa shape index (κ2) is 15.1. The van der Waals surface area contributed by atoms with Crippen LogP contribution in [0.1, 0.15) is 59.1 Å². The Bertz CT molecular complexity index is 2270. The van der Waals surface area contributed by atoms with Crippen LogP contribution in [0.15, 0.2) is 72.6 Å². The standard InChI is InChI=1S/C41H48N6O7S2/c1-7-25-21-41(25,38(50)46-56(51,52)29-15-16-29)45-36(48)33-19-28(22-47(33)37(49)35(40(3,4)5)44-39-42-26(8-2)23-55-39)54-34-20-31(24-12-10-9-11-13-24)43-32-18-27(53-6)14-17-30(32)34/h7,9-14,17-18,20,23,25,28-29,33,35H,1,8,15-16,19,21-22H2,2-6H3,(H,42,44)(H,45,48)(H,46,50)/t25-,28-,33+,35-,41-/m1/s1. The molecule has 15 heteroatoms. The Morgan fingerprint density at radius 1 is 1.11 bits per heavy atom. The lowest BCUT2D eigenvalue weighted by Crippen LogP contribution is -2.58. The molecule has 3 fully saturated rings. The molecular formula is C41H48N6O7S2. The number of hydrogen-bond acceptors (Lipinski definition) is 11. The molecule has 1 saturated heterocycles. The SMILES string of the molecule is C=C[C@@H]1C[C@]1(NC(=O)[C@@H]1C[C@@H](Oc2cc(-c3ccccc3)nc3cc(OC)ccc23)CN1C(=O)[C@@H](Nc1nc(CC)cs1)C(C)(C)C)C(=O)NS(=O)(=O)C1CC1. The number of fused-ring (bicyclic) bond motifs is 1. The smallest absolute Gasteiger partial charge is 0.259 e. The molecule has 2 aliphatic carbocycles. The highest BCUT2D eigenvalue weighted by Gasteiger charge is 2.62. The van der Waals surface area contributed by atoms with Crippen molar-refractivity contribution < 1.29 is 32.3 Å². The number of sulfonamides is 1. The van der Waals surface area contributed by atoms with Gasteiger partial charge in [0.05, 0.1) is 35.8 Å². The van der Waals surface area contributed by atoms with Crippen LogP contribution in [0.5, 0.6) is 11.5 Å². The summed E-state index contributed by atoms with van der Waals surface area (Å²) in [6.07, 6.45) is 2.87. The molecule has 5 atom stereocenters. The lowest BCUT2D eigenvalue weighted by molar-refractivity contribution is -0.141. The molecule has 56 heavy (non-hydrogen) atoms. The maximum absolute atomic E-state index is 14.8. The highest BCUT2D eigenvalue weighted by atomic mass is 32.2. The Labute approximate surface area is 331 Å². The van der Waals surface area contributed by atoms with E-state index in [0.29, 0.717) is 40.7 Å². The number of ether oxygens (including phenoxy) is 2. The summed E-state index contributed by atoms with van der Waals surface area (Å²) in [5.41, 5.74) is 0.970. The van der Waals surface area contributed by atoms with E-state index in [2.05, 4.69) is 26.9 Å². The molecular weight excluding hydrogens is 753 g/mol. The van der Waals surface area contributed by atoms with Crippen molar-refractivity contribution in [1.29, 1.82) is 0 Å². The van der Waals surface area contributed by atoms with Gasteiger partial charge in [-0.1, -0.05) is 64.1 Å². The van der Waals surface area contributed by atoms with Crippen LogP contribution >= 0.6 is 11.3 Å². The van der Waals surface area contributed by atoms with Gasteiger partial charge >= 0.3 is 0 Å². The number of methoxy groups -OCH3 is 1. The van der Waals surface area contributed by atoms with E-state index in [1.807, 2.05) is 87.7 Å². The number of nitrogens with zero attached hydrogens (tertiary/aromatic N) is 3. The van der Waals surface area contributed by atoms with Crippen molar-refractivity contribution in [2.24, 2.45) is 11.3 Å². The van der Waals surface area contributed by atoms with E-state index in [1.54, 1.807) is 13.2 Å². The molecule has 3 amide bonds. The minimum absolute atomic E-state index is 0.0596.